The molecule has 0 aliphatic carbocycles. The summed E-state index contributed by atoms with van der Waals surface area (Å²) in [7, 11) is -19.5. The lowest BCUT2D eigenvalue weighted by atomic mass is 10.2. The first-order valence-electron chi connectivity index (χ1n) is 8.81. The van der Waals surface area contributed by atoms with Crippen molar-refractivity contribution in [2.45, 2.75) is 24.7 Å². The summed E-state index contributed by atoms with van der Waals surface area (Å²) in [5.41, 5.74) is 4.16. The molecule has 0 amide bonds. The van der Waals surface area contributed by atoms with Gasteiger partial charge >= 0.3 is 37.3 Å². The summed E-state index contributed by atoms with van der Waals surface area (Å²) in [5.74, 6) is -0.373. The molecule has 1 fully saturated rings. The van der Waals surface area contributed by atoms with E-state index < -0.39 is 62.0 Å². The molecular formula is C10H17N5O17P4. The number of anilines is 1. The predicted octanol–water partition coefficient (Wildman–Crippen LogP) is -0.821. The number of fused-ring (bicyclic) bond motifs is 1. The third kappa shape index (κ3) is 6.72. The number of aliphatic hydroxyl groups excluding tert-OH is 1. The number of rotatable bonds is 11. The van der Waals surface area contributed by atoms with Crippen molar-refractivity contribution < 1.29 is 74.9 Å². The number of nitrogens with one attached hydrogen (secondary N) is 1. The van der Waals surface area contributed by atoms with Gasteiger partial charge in [-0.25, -0.2) is 28.2 Å². The first-order valence-corrected chi connectivity index (χ1v) is 14.5. The molecule has 8 N–H and O–H groups in total. The first kappa shape index (κ1) is 29.2. The van der Waals surface area contributed by atoms with Gasteiger partial charge in [0.25, 0.3) is 0 Å². The number of imidazole rings is 1. The third-order valence-corrected chi connectivity index (χ3v) is 8.85. The number of nitrogens with two attached hydrogens (primary N) is 1. The molecule has 0 aromatic carbocycles. The normalized spacial score (nSPS) is 27.1. The molecule has 3 unspecified atom stereocenters. The summed E-state index contributed by atoms with van der Waals surface area (Å²) in [6.07, 6.45) is -7.10. The Hall–Kier alpha value is -1.41. The quantitative estimate of drug-likeness (QED) is 0.0936. The molecule has 0 saturated carbocycles. The molecule has 2 aromatic heterocycles. The summed E-state index contributed by atoms with van der Waals surface area (Å²) in [5, 5.41) is 19.1. The van der Waals surface area contributed by atoms with Crippen LogP contribution < -0.4 is 11.3 Å². The van der Waals surface area contributed by atoms with Gasteiger partial charge in [-0.15, -0.1) is 4.67 Å². The largest absolute Gasteiger partial charge is 0.506 e. The van der Waals surface area contributed by atoms with E-state index in [-0.39, 0.29) is 17.1 Å². The molecule has 7 atom stereocenters. The number of nitrogens with zero attached hydrogens (tertiary/aromatic N) is 3. The molecule has 3 rings (SSSR count). The Morgan fingerprint density at radius 3 is 2.53 bits per heavy atom. The SMILES string of the molecule is COP(=O)(O[C@H]1O[C@@H](n2cnc3c(=O)nc(N)[nH]c32)[C@H](O)[C@H]1O[PH](=O)OP(=O)(O)OO)OP(=O)(O)O. The topological polar surface area (TPSA) is 324 Å². The Balaban J connectivity index is 1.99. The van der Waals surface area contributed by atoms with E-state index in [1.54, 1.807) is 0 Å². The van der Waals surface area contributed by atoms with Crippen molar-refractivity contribution >= 4 is 48.8 Å². The molecular weight excluding hydrogens is 586 g/mol. The molecule has 3 heterocycles. The third-order valence-electron chi connectivity index (χ3n) is 4.10. The fraction of sp³-hybridized carbons (Fsp3) is 0.500. The van der Waals surface area contributed by atoms with Gasteiger partial charge in [0, 0.05) is 7.11 Å². The Kier molecular flexibility index (Phi) is 8.71. The Bertz CT molecular complexity index is 1340. The minimum absolute atomic E-state index is 0.171. The molecule has 22 nitrogen and oxygen atoms in total. The number of nitrogen functional groups attached to an aromatic ring is 1. The van der Waals surface area contributed by atoms with E-state index in [0.717, 1.165) is 10.9 Å². The summed E-state index contributed by atoms with van der Waals surface area (Å²) in [4.78, 5) is 48.6. The van der Waals surface area contributed by atoms with Gasteiger partial charge in [0.05, 0.1) is 6.33 Å². The van der Waals surface area contributed by atoms with E-state index in [1.165, 1.54) is 0 Å². The van der Waals surface area contributed by atoms with Crippen LogP contribution in [0.15, 0.2) is 11.1 Å². The molecule has 204 valence electrons. The number of phosphoric ester groups is 1. The monoisotopic (exact) mass is 603 g/mol. The van der Waals surface area contributed by atoms with Crippen LogP contribution in [0.5, 0.6) is 0 Å². The molecule has 2 aromatic rings. The van der Waals surface area contributed by atoms with Crippen molar-refractivity contribution in [2.75, 3.05) is 12.8 Å². The number of aromatic amines is 1. The fourth-order valence-corrected chi connectivity index (χ4v) is 6.31. The molecule has 1 aliphatic heterocycles. The maximum Gasteiger partial charge on any atom is 0.506 e. The number of hydrogen-bond acceptors (Lipinski definition) is 17. The van der Waals surface area contributed by atoms with Crippen molar-refractivity contribution in [2.24, 2.45) is 0 Å². The van der Waals surface area contributed by atoms with Crippen LogP contribution in [0.2, 0.25) is 0 Å². The minimum Gasteiger partial charge on any atom is -0.385 e. The van der Waals surface area contributed by atoms with Gasteiger partial charge in [-0.2, -0.15) is 9.29 Å². The van der Waals surface area contributed by atoms with Crippen LogP contribution in [0, 0.1) is 0 Å². The molecule has 1 saturated heterocycles. The van der Waals surface area contributed by atoms with Crippen LogP contribution in [0.1, 0.15) is 6.23 Å². The van der Waals surface area contributed by atoms with E-state index in [1.807, 2.05) is 0 Å². The van der Waals surface area contributed by atoms with Crippen LogP contribution in [0.25, 0.3) is 11.2 Å². The van der Waals surface area contributed by atoms with Crippen LogP contribution in [0.4, 0.5) is 5.95 Å². The standard InChI is InChI=1S/C10H17N5O17P4/c1-26-36(25,32-34(20,21)22)29-9-5(28-33(19)31-35(23,24)30-18)4(16)8(27-9)15-2-12-3-6(15)13-10(11)14-7(3)17/h2,4-5,8-9,16,18,33H,1H3,(H,23,24)(H2,20,21,22)(H3,11,13,14,17)/t4-,5-,8-,9-,36?/m1/s1. The van der Waals surface area contributed by atoms with Crippen LogP contribution in [-0.4, -0.2) is 70.2 Å². The summed E-state index contributed by atoms with van der Waals surface area (Å²) >= 11 is 0. The van der Waals surface area contributed by atoms with Gasteiger partial charge in [-0.05, 0) is 0 Å². The average molecular weight is 603 g/mol. The second-order valence-electron chi connectivity index (χ2n) is 6.44. The summed E-state index contributed by atoms with van der Waals surface area (Å²) in [6, 6.07) is 0. The highest BCUT2D eigenvalue weighted by Crippen LogP contribution is 2.62. The number of aliphatic hydroxyl groups is 1. The van der Waals surface area contributed by atoms with E-state index >= 15 is 0 Å². The summed E-state index contributed by atoms with van der Waals surface area (Å²) in [6.45, 7) is 0. The Morgan fingerprint density at radius 2 is 1.94 bits per heavy atom. The van der Waals surface area contributed by atoms with Gasteiger partial charge in [0.15, 0.2) is 11.7 Å². The number of phosphoric acid groups is 3. The van der Waals surface area contributed by atoms with E-state index in [9.17, 15) is 28.2 Å². The second kappa shape index (κ2) is 10.8. The average Bonchev–Trinajstić information content (AvgIpc) is 3.28. The highest BCUT2D eigenvalue weighted by molar-refractivity contribution is 7.61. The van der Waals surface area contributed by atoms with Crippen molar-refractivity contribution in [3.63, 3.8) is 0 Å². The zero-order valence-electron chi connectivity index (χ0n) is 17.3. The minimum atomic E-state index is -5.50. The lowest BCUT2D eigenvalue weighted by molar-refractivity contribution is -0.157. The Labute approximate surface area is 198 Å². The van der Waals surface area contributed by atoms with Gasteiger partial charge in [0.1, 0.15) is 17.9 Å². The zero-order chi connectivity index (χ0) is 27.1. The highest BCUT2D eigenvalue weighted by atomic mass is 31.3. The molecule has 0 radical (unpaired) electrons. The van der Waals surface area contributed by atoms with Gasteiger partial charge in [-0.3, -0.25) is 27.5 Å². The van der Waals surface area contributed by atoms with Gasteiger partial charge in [-0.1, -0.05) is 0 Å². The van der Waals surface area contributed by atoms with Crippen molar-refractivity contribution in [1.29, 1.82) is 0 Å². The zero-order valence-corrected chi connectivity index (χ0v) is 21.0. The smallest absolute Gasteiger partial charge is 0.385 e. The van der Waals surface area contributed by atoms with Crippen molar-refractivity contribution in [1.82, 2.24) is 19.5 Å². The number of H-pyrrole nitrogens is 1. The maximum absolute atomic E-state index is 12.6. The maximum atomic E-state index is 12.6. The molecule has 36 heavy (non-hydrogen) atoms. The van der Waals surface area contributed by atoms with E-state index in [4.69, 9.17) is 39.5 Å². The molecule has 1 aliphatic rings. The van der Waals surface area contributed by atoms with Gasteiger partial charge < -0.3 is 35.2 Å². The fourth-order valence-electron chi connectivity index (χ4n) is 2.80. The van der Waals surface area contributed by atoms with E-state index in [2.05, 4.69) is 32.8 Å². The number of aromatic nitrogens is 4. The first-order chi connectivity index (χ1) is 16.6. The number of hydrogen-bond donors (Lipinski definition) is 7. The lowest BCUT2D eigenvalue weighted by Crippen LogP contribution is -2.34. The van der Waals surface area contributed by atoms with Crippen LogP contribution >= 0.6 is 31.7 Å². The Morgan fingerprint density at radius 1 is 1.28 bits per heavy atom. The van der Waals surface area contributed by atoms with Gasteiger partial charge in [0.2, 0.25) is 12.2 Å². The molecule has 0 bridgehead atoms. The highest BCUT2D eigenvalue weighted by Gasteiger charge is 2.52. The molecule has 26 heteroatoms. The number of ether oxygens (including phenoxy) is 1. The lowest BCUT2D eigenvalue weighted by Gasteiger charge is -2.23. The van der Waals surface area contributed by atoms with Crippen LogP contribution in [0.3, 0.4) is 0 Å². The van der Waals surface area contributed by atoms with E-state index in [0.29, 0.717) is 7.11 Å². The van der Waals surface area contributed by atoms with Crippen molar-refractivity contribution in [3.05, 3.63) is 16.7 Å². The van der Waals surface area contributed by atoms with Crippen LogP contribution in [-0.2, 0) is 49.9 Å². The molecule has 0 spiro atoms. The second-order valence-corrected chi connectivity index (χ2v) is 12.1. The summed E-state index contributed by atoms with van der Waals surface area (Å²) < 4.78 is 78.4. The van der Waals surface area contributed by atoms with Crippen molar-refractivity contribution in [3.8, 4) is 0 Å². The predicted molar refractivity (Wildman–Crippen MR) is 110 cm³/mol.